The van der Waals surface area contributed by atoms with Crippen molar-refractivity contribution in [1.82, 2.24) is 5.32 Å². The topological polar surface area (TPSA) is 96.9 Å². The van der Waals surface area contributed by atoms with E-state index >= 15 is 0 Å². The Labute approximate surface area is 141 Å². The van der Waals surface area contributed by atoms with E-state index in [1.807, 2.05) is 6.92 Å². The molecule has 0 aliphatic rings. The molecule has 0 fully saturated rings. The van der Waals surface area contributed by atoms with Gasteiger partial charge in [-0.1, -0.05) is 13.3 Å². The van der Waals surface area contributed by atoms with E-state index < -0.39 is 12.0 Å². The third kappa shape index (κ3) is 6.75. The minimum absolute atomic E-state index is 0. The van der Waals surface area contributed by atoms with Crippen LogP contribution < -0.4 is 20.1 Å². The van der Waals surface area contributed by atoms with Crippen LogP contribution in [0, 0.1) is 0 Å². The number of nitrogens with one attached hydrogen (secondary N) is 2. The first-order valence-electron chi connectivity index (χ1n) is 6.99. The number of benzene rings is 1. The zero-order valence-corrected chi connectivity index (χ0v) is 14.2. The zero-order chi connectivity index (χ0) is 16.5. The lowest BCUT2D eigenvalue weighted by atomic mass is 10.1. The Morgan fingerprint density at radius 1 is 1.26 bits per heavy atom. The summed E-state index contributed by atoms with van der Waals surface area (Å²) in [5, 5.41) is 14.4. The molecule has 130 valence electrons. The number of methoxy groups -OCH3 is 2. The van der Waals surface area contributed by atoms with Crippen molar-refractivity contribution >= 4 is 30.0 Å². The number of ether oxygens (including phenoxy) is 2. The van der Waals surface area contributed by atoms with Gasteiger partial charge in [-0.2, -0.15) is 0 Å². The Kier molecular flexibility index (Phi) is 9.76. The second-order valence-corrected chi connectivity index (χ2v) is 4.67. The summed E-state index contributed by atoms with van der Waals surface area (Å²) in [6, 6.07) is 4.28. The summed E-state index contributed by atoms with van der Waals surface area (Å²) in [7, 11) is 3.03. The molecule has 7 nitrogen and oxygen atoms in total. The van der Waals surface area contributed by atoms with Crippen molar-refractivity contribution in [2.75, 3.05) is 26.1 Å². The number of hydrogen-bond donors (Lipinski definition) is 3. The van der Waals surface area contributed by atoms with Gasteiger partial charge < -0.3 is 19.9 Å². The zero-order valence-electron chi connectivity index (χ0n) is 13.4. The van der Waals surface area contributed by atoms with Crippen LogP contribution >= 0.6 is 12.4 Å². The maximum absolute atomic E-state index is 11.9. The number of carbonyl (C=O) groups is 2. The predicted molar refractivity (Wildman–Crippen MR) is 89.8 cm³/mol. The van der Waals surface area contributed by atoms with E-state index in [-0.39, 0.29) is 24.9 Å². The van der Waals surface area contributed by atoms with E-state index in [0.29, 0.717) is 23.6 Å². The molecule has 1 unspecified atom stereocenters. The molecule has 0 aliphatic carbocycles. The molecule has 8 heteroatoms. The summed E-state index contributed by atoms with van der Waals surface area (Å²) in [5.74, 6) is -0.222. The van der Waals surface area contributed by atoms with Crippen LogP contribution in [-0.2, 0) is 9.59 Å². The van der Waals surface area contributed by atoms with Crippen molar-refractivity contribution in [3.8, 4) is 11.5 Å². The van der Waals surface area contributed by atoms with E-state index in [1.54, 1.807) is 18.2 Å². The van der Waals surface area contributed by atoms with Crippen LogP contribution in [-0.4, -0.2) is 43.8 Å². The molecular weight excluding hydrogens is 324 g/mol. The highest BCUT2D eigenvalue weighted by atomic mass is 35.5. The van der Waals surface area contributed by atoms with Crippen molar-refractivity contribution < 1.29 is 24.2 Å². The second kappa shape index (κ2) is 10.7. The summed E-state index contributed by atoms with van der Waals surface area (Å²) in [5.41, 5.74) is 0.498. The number of halogens is 1. The SMILES string of the molecule is CCCC(NCC(=O)Nc1ccc(OC)cc1OC)C(=O)O.Cl. The van der Waals surface area contributed by atoms with Crippen LogP contribution in [0.3, 0.4) is 0 Å². The number of carboxylic acids is 1. The highest BCUT2D eigenvalue weighted by Crippen LogP contribution is 2.28. The number of amides is 1. The third-order valence-corrected chi connectivity index (χ3v) is 3.07. The molecule has 1 aromatic rings. The van der Waals surface area contributed by atoms with Gasteiger partial charge in [-0.15, -0.1) is 12.4 Å². The Morgan fingerprint density at radius 2 is 1.96 bits per heavy atom. The molecule has 0 saturated heterocycles. The Bertz CT molecular complexity index is 525. The van der Waals surface area contributed by atoms with Gasteiger partial charge in [-0.25, -0.2) is 0 Å². The summed E-state index contributed by atoms with van der Waals surface area (Å²) in [6.45, 7) is 1.80. The molecule has 0 radical (unpaired) electrons. The Balaban J connectivity index is 0.00000484. The van der Waals surface area contributed by atoms with E-state index in [9.17, 15) is 9.59 Å². The number of hydrogen-bond acceptors (Lipinski definition) is 5. The molecule has 1 amide bonds. The van der Waals surface area contributed by atoms with Crippen LogP contribution in [0.5, 0.6) is 11.5 Å². The summed E-state index contributed by atoms with van der Waals surface area (Å²) < 4.78 is 10.3. The van der Waals surface area contributed by atoms with Gasteiger partial charge in [-0.05, 0) is 18.6 Å². The van der Waals surface area contributed by atoms with Crippen molar-refractivity contribution in [3.05, 3.63) is 18.2 Å². The normalized spacial score (nSPS) is 11.1. The third-order valence-electron chi connectivity index (χ3n) is 3.07. The molecule has 1 atom stereocenters. The van der Waals surface area contributed by atoms with Crippen LogP contribution in [0.1, 0.15) is 19.8 Å². The van der Waals surface area contributed by atoms with Gasteiger partial charge >= 0.3 is 5.97 Å². The maximum Gasteiger partial charge on any atom is 0.320 e. The van der Waals surface area contributed by atoms with Crippen molar-refractivity contribution in [2.24, 2.45) is 0 Å². The summed E-state index contributed by atoms with van der Waals surface area (Å²) >= 11 is 0. The minimum atomic E-state index is -0.961. The summed E-state index contributed by atoms with van der Waals surface area (Å²) in [4.78, 5) is 22.9. The standard InChI is InChI=1S/C15H22N2O5.ClH/c1-4-5-12(15(19)20)16-9-14(18)17-11-7-6-10(21-2)8-13(11)22-3;/h6-8,12,16H,4-5,9H2,1-3H3,(H,17,18)(H,19,20);1H. The molecule has 0 heterocycles. The minimum Gasteiger partial charge on any atom is -0.497 e. The lowest BCUT2D eigenvalue weighted by Crippen LogP contribution is -2.41. The highest BCUT2D eigenvalue weighted by molar-refractivity contribution is 5.94. The molecule has 3 N–H and O–H groups in total. The molecule has 23 heavy (non-hydrogen) atoms. The average Bonchev–Trinajstić information content (AvgIpc) is 2.51. The molecule has 0 aromatic heterocycles. The number of rotatable bonds is 9. The molecule has 1 rings (SSSR count). The number of carboxylic acid groups (broad SMARTS) is 1. The van der Waals surface area contributed by atoms with E-state index in [2.05, 4.69) is 10.6 Å². The first-order chi connectivity index (χ1) is 10.5. The predicted octanol–water partition coefficient (Wildman–Crippen LogP) is 1.91. The maximum atomic E-state index is 11.9. The van der Waals surface area contributed by atoms with Gasteiger partial charge in [0.25, 0.3) is 0 Å². The van der Waals surface area contributed by atoms with E-state index in [0.717, 1.165) is 6.42 Å². The van der Waals surface area contributed by atoms with Crippen LogP contribution in [0.2, 0.25) is 0 Å². The first kappa shape index (κ1) is 21.0. The van der Waals surface area contributed by atoms with Crippen molar-refractivity contribution in [1.29, 1.82) is 0 Å². The molecule has 0 bridgehead atoms. The molecule has 0 spiro atoms. The fourth-order valence-electron chi connectivity index (χ4n) is 1.91. The first-order valence-corrected chi connectivity index (χ1v) is 6.99. The van der Waals surface area contributed by atoms with Gasteiger partial charge in [0.1, 0.15) is 17.5 Å². The fourth-order valence-corrected chi connectivity index (χ4v) is 1.91. The van der Waals surface area contributed by atoms with Gasteiger partial charge in [-0.3, -0.25) is 14.9 Å². The molecule has 0 aliphatic heterocycles. The lowest BCUT2D eigenvalue weighted by Gasteiger charge is -2.14. The van der Waals surface area contributed by atoms with E-state index in [1.165, 1.54) is 14.2 Å². The van der Waals surface area contributed by atoms with Gasteiger partial charge in [0.2, 0.25) is 5.91 Å². The highest BCUT2D eigenvalue weighted by Gasteiger charge is 2.17. The van der Waals surface area contributed by atoms with Crippen molar-refractivity contribution in [2.45, 2.75) is 25.8 Å². The number of anilines is 1. The van der Waals surface area contributed by atoms with Gasteiger partial charge in [0.05, 0.1) is 26.5 Å². The van der Waals surface area contributed by atoms with Crippen LogP contribution in [0.15, 0.2) is 18.2 Å². The smallest absolute Gasteiger partial charge is 0.320 e. The van der Waals surface area contributed by atoms with Gasteiger partial charge in [0, 0.05) is 6.07 Å². The fraction of sp³-hybridized carbons (Fsp3) is 0.467. The summed E-state index contributed by atoms with van der Waals surface area (Å²) in [6.07, 6.45) is 1.19. The Hall–Kier alpha value is -1.99. The van der Waals surface area contributed by atoms with Gasteiger partial charge in [0.15, 0.2) is 0 Å². The molecular formula is C15H23ClN2O5. The quantitative estimate of drug-likeness (QED) is 0.632. The number of carbonyl (C=O) groups excluding carboxylic acids is 1. The number of aliphatic carboxylic acids is 1. The lowest BCUT2D eigenvalue weighted by molar-refractivity contribution is -0.139. The van der Waals surface area contributed by atoms with Crippen LogP contribution in [0.25, 0.3) is 0 Å². The van der Waals surface area contributed by atoms with E-state index in [4.69, 9.17) is 14.6 Å². The monoisotopic (exact) mass is 346 g/mol. The average molecular weight is 347 g/mol. The molecule has 0 saturated carbocycles. The Morgan fingerprint density at radius 3 is 2.48 bits per heavy atom. The van der Waals surface area contributed by atoms with Crippen LogP contribution in [0.4, 0.5) is 5.69 Å². The largest absolute Gasteiger partial charge is 0.497 e. The van der Waals surface area contributed by atoms with Crippen molar-refractivity contribution in [3.63, 3.8) is 0 Å². The molecule has 1 aromatic carbocycles. The second-order valence-electron chi connectivity index (χ2n) is 4.67.